The minimum atomic E-state index is -0.933. The van der Waals surface area contributed by atoms with Gasteiger partial charge in [0, 0.05) is 43.0 Å². The van der Waals surface area contributed by atoms with Crippen LogP contribution in [0.4, 0.5) is 4.79 Å². The third-order valence-electron chi connectivity index (χ3n) is 9.68. The number of nitrogens with one attached hydrogen (secondary N) is 2. The SMILES string of the molecule is CO[C@H]1CC2C=C[C@]3(C)C[C@]2(O[C@H]3[C@H](OC(=O)c2ccc[nH]2)[C@H](C)[C@H](C)O)/C(C)=C/[C@@H](C)[C@@H]([C@@H](C)OC(=O)NCCO)OC1=O. The minimum absolute atomic E-state index is 0.0278. The lowest BCUT2D eigenvalue weighted by Gasteiger charge is -2.42. The van der Waals surface area contributed by atoms with E-state index in [9.17, 15) is 19.5 Å². The molecule has 0 aromatic carbocycles. The van der Waals surface area contributed by atoms with Crippen LogP contribution in [0, 0.1) is 23.2 Å². The van der Waals surface area contributed by atoms with Crippen molar-refractivity contribution in [3.8, 4) is 0 Å². The van der Waals surface area contributed by atoms with Crippen molar-refractivity contribution in [2.75, 3.05) is 20.3 Å². The molecule has 1 unspecified atom stereocenters. The Morgan fingerprint density at radius 3 is 2.60 bits per heavy atom. The highest BCUT2D eigenvalue weighted by molar-refractivity contribution is 5.87. The molecule has 0 saturated carbocycles. The van der Waals surface area contributed by atoms with E-state index in [2.05, 4.69) is 29.4 Å². The summed E-state index contributed by atoms with van der Waals surface area (Å²) in [6.07, 6.45) is 3.01. The van der Waals surface area contributed by atoms with Crippen LogP contribution in [-0.2, 0) is 28.5 Å². The van der Waals surface area contributed by atoms with Crippen molar-refractivity contribution in [3.05, 3.63) is 47.8 Å². The molecular formula is C33H48N2O10. The number of methoxy groups -OCH3 is 1. The van der Waals surface area contributed by atoms with Crippen LogP contribution in [0.3, 0.4) is 0 Å². The minimum Gasteiger partial charge on any atom is -0.456 e. The highest BCUT2D eigenvalue weighted by Gasteiger charge is 2.62. The van der Waals surface area contributed by atoms with E-state index >= 15 is 0 Å². The van der Waals surface area contributed by atoms with Gasteiger partial charge in [0.05, 0.1) is 18.3 Å². The number of aromatic nitrogens is 1. The van der Waals surface area contributed by atoms with E-state index in [1.54, 1.807) is 32.2 Å². The molecule has 0 radical (unpaired) electrons. The van der Waals surface area contributed by atoms with Crippen molar-refractivity contribution in [1.82, 2.24) is 10.3 Å². The Bertz CT molecular complexity index is 1260. The van der Waals surface area contributed by atoms with E-state index in [4.69, 9.17) is 28.8 Å². The van der Waals surface area contributed by atoms with Crippen molar-refractivity contribution in [2.24, 2.45) is 23.2 Å². The Balaban J connectivity index is 1.73. The number of aliphatic hydroxyl groups excluding tert-OH is 2. The number of hydrogen-bond donors (Lipinski definition) is 4. The van der Waals surface area contributed by atoms with Gasteiger partial charge in [0.2, 0.25) is 0 Å². The summed E-state index contributed by atoms with van der Waals surface area (Å²) in [5.41, 5.74) is -0.272. The number of carbonyl (C=O) groups excluding carboxylic acids is 3. The van der Waals surface area contributed by atoms with Gasteiger partial charge in [-0.15, -0.1) is 0 Å². The summed E-state index contributed by atoms with van der Waals surface area (Å²) < 4.78 is 30.3. The number of cyclic esters (lactones) is 1. The molecule has 3 heterocycles. The molecule has 45 heavy (non-hydrogen) atoms. The van der Waals surface area contributed by atoms with Gasteiger partial charge in [-0.25, -0.2) is 14.4 Å². The maximum atomic E-state index is 13.5. The number of amides is 1. The predicted molar refractivity (Wildman–Crippen MR) is 163 cm³/mol. The Kier molecular flexibility index (Phi) is 10.8. The molecule has 12 heteroatoms. The molecule has 1 amide bonds. The number of carbonyl (C=O) groups is 3. The lowest BCUT2D eigenvalue weighted by molar-refractivity contribution is -0.172. The Labute approximate surface area is 264 Å². The molecule has 11 atom stereocenters. The van der Waals surface area contributed by atoms with Gasteiger partial charge in [-0.3, -0.25) is 0 Å². The van der Waals surface area contributed by atoms with Gasteiger partial charge in [-0.1, -0.05) is 39.0 Å². The molecule has 1 aliphatic carbocycles. The standard InChI is InChI=1S/C33H48N2O10/c1-18-15-19(2)33-17-32(6,28(45-33)27(20(3)21(4)37)44-29(38)24-9-8-12-34-24)11-10-23(33)16-25(41-7)30(39)43-26(18)22(5)42-31(40)35-13-14-36/h8-12,15,18,20-23,25-28,34,36-37H,13-14,16-17H2,1-7H3,(H,35,40)/b19-15+/t18-,20-,21+,22-,23?,25+,26+,27-,28+,32-,33+/m1/s1. The zero-order valence-corrected chi connectivity index (χ0v) is 27.1. The molecule has 2 aliphatic heterocycles. The molecular weight excluding hydrogens is 584 g/mol. The summed E-state index contributed by atoms with van der Waals surface area (Å²) in [5, 5.41) is 22.1. The number of alkyl carbamates (subject to hydrolysis) is 1. The van der Waals surface area contributed by atoms with Crippen molar-refractivity contribution in [2.45, 2.75) is 96.6 Å². The number of aliphatic hydroxyl groups is 2. The normalized spacial score (nSPS) is 35.1. The average molecular weight is 633 g/mol. The first-order chi connectivity index (χ1) is 21.3. The monoisotopic (exact) mass is 632 g/mol. The number of aromatic amines is 1. The number of ether oxygens (including phenoxy) is 5. The van der Waals surface area contributed by atoms with Crippen molar-refractivity contribution >= 4 is 18.0 Å². The molecule has 2 bridgehead atoms. The fourth-order valence-corrected chi connectivity index (χ4v) is 6.96. The number of esters is 2. The maximum Gasteiger partial charge on any atom is 0.407 e. The third-order valence-corrected chi connectivity index (χ3v) is 9.68. The Morgan fingerprint density at radius 2 is 1.98 bits per heavy atom. The summed E-state index contributed by atoms with van der Waals surface area (Å²) in [7, 11) is 1.45. The first kappa shape index (κ1) is 34.7. The van der Waals surface area contributed by atoms with Crippen molar-refractivity contribution in [3.63, 3.8) is 0 Å². The van der Waals surface area contributed by atoms with Gasteiger partial charge in [0.1, 0.15) is 30.1 Å². The van der Waals surface area contributed by atoms with Gasteiger partial charge in [-0.2, -0.15) is 0 Å². The smallest absolute Gasteiger partial charge is 0.407 e. The van der Waals surface area contributed by atoms with Gasteiger partial charge in [0.15, 0.2) is 6.10 Å². The molecule has 1 aromatic rings. The fourth-order valence-electron chi connectivity index (χ4n) is 6.96. The molecule has 3 aliphatic rings. The van der Waals surface area contributed by atoms with E-state index in [-0.39, 0.29) is 25.5 Å². The van der Waals surface area contributed by atoms with Gasteiger partial charge < -0.3 is 44.2 Å². The first-order valence-electron chi connectivity index (χ1n) is 15.6. The fraction of sp³-hybridized carbons (Fsp3) is 0.667. The molecule has 250 valence electrons. The van der Waals surface area contributed by atoms with Gasteiger partial charge in [0.25, 0.3) is 0 Å². The predicted octanol–water partition coefficient (Wildman–Crippen LogP) is 3.30. The van der Waals surface area contributed by atoms with Crippen LogP contribution in [0.1, 0.15) is 64.9 Å². The van der Waals surface area contributed by atoms with Crippen LogP contribution in [-0.4, -0.2) is 95.7 Å². The number of hydrogen-bond acceptors (Lipinski definition) is 10. The average Bonchev–Trinajstić information content (AvgIpc) is 3.62. The summed E-state index contributed by atoms with van der Waals surface area (Å²) in [4.78, 5) is 41.8. The van der Waals surface area contributed by atoms with Gasteiger partial charge in [-0.05, 0) is 51.3 Å². The molecule has 4 N–H and O–H groups in total. The molecule has 1 saturated heterocycles. The van der Waals surface area contributed by atoms with Crippen LogP contribution in [0.2, 0.25) is 0 Å². The third kappa shape index (κ3) is 7.14. The van der Waals surface area contributed by atoms with Crippen LogP contribution < -0.4 is 5.32 Å². The second kappa shape index (κ2) is 14.1. The highest BCUT2D eigenvalue weighted by atomic mass is 16.6. The quantitative estimate of drug-likeness (QED) is 0.171. The Hall–Kier alpha value is -3.19. The second-order valence-corrected chi connectivity index (χ2v) is 13.0. The molecule has 1 spiro atoms. The molecule has 1 aromatic heterocycles. The topological polar surface area (TPSA) is 166 Å². The van der Waals surface area contributed by atoms with Crippen LogP contribution in [0.5, 0.6) is 0 Å². The highest BCUT2D eigenvalue weighted by Crippen LogP contribution is 2.58. The van der Waals surface area contributed by atoms with E-state index < -0.39 is 77.5 Å². The van der Waals surface area contributed by atoms with Crippen molar-refractivity contribution in [1.29, 1.82) is 0 Å². The number of rotatable bonds is 10. The molecule has 12 nitrogen and oxygen atoms in total. The zero-order chi connectivity index (χ0) is 33.1. The summed E-state index contributed by atoms with van der Waals surface area (Å²) in [6.45, 7) is 10.9. The largest absolute Gasteiger partial charge is 0.456 e. The van der Waals surface area contributed by atoms with Gasteiger partial charge >= 0.3 is 18.0 Å². The van der Waals surface area contributed by atoms with E-state index in [1.807, 2.05) is 26.8 Å². The maximum absolute atomic E-state index is 13.5. The second-order valence-electron chi connectivity index (χ2n) is 13.0. The zero-order valence-electron chi connectivity index (χ0n) is 27.1. The van der Waals surface area contributed by atoms with Crippen LogP contribution in [0.25, 0.3) is 0 Å². The first-order valence-corrected chi connectivity index (χ1v) is 15.6. The van der Waals surface area contributed by atoms with E-state index in [0.717, 1.165) is 5.57 Å². The summed E-state index contributed by atoms with van der Waals surface area (Å²) >= 11 is 0. The number of H-pyrrole nitrogens is 1. The van der Waals surface area contributed by atoms with E-state index in [1.165, 1.54) is 7.11 Å². The Morgan fingerprint density at radius 1 is 1.24 bits per heavy atom. The van der Waals surface area contributed by atoms with Crippen molar-refractivity contribution < 1.29 is 48.3 Å². The van der Waals surface area contributed by atoms with Crippen LogP contribution in [0.15, 0.2) is 42.1 Å². The van der Waals surface area contributed by atoms with Crippen LogP contribution >= 0.6 is 0 Å². The van der Waals surface area contributed by atoms with E-state index in [0.29, 0.717) is 12.1 Å². The summed E-state index contributed by atoms with van der Waals surface area (Å²) in [5.74, 6) is -2.28. The lowest BCUT2D eigenvalue weighted by atomic mass is 9.64. The number of fused-ring (bicyclic) bond motifs is 1. The lowest BCUT2D eigenvalue weighted by Crippen LogP contribution is -2.48. The summed E-state index contributed by atoms with van der Waals surface area (Å²) in [6, 6.07) is 3.34. The molecule has 1 fully saturated rings. The molecule has 4 rings (SSSR count).